The Hall–Kier alpha value is -2.08. The van der Waals surface area contributed by atoms with Crippen LogP contribution in [0.25, 0.3) is 0 Å². The summed E-state index contributed by atoms with van der Waals surface area (Å²) in [6, 6.07) is 5.62. The molecule has 0 aromatic heterocycles. The first-order chi connectivity index (χ1) is 13.6. The van der Waals surface area contributed by atoms with E-state index >= 15 is 0 Å². The molecule has 2 heterocycles. The number of carbonyl (C=O) groups excluding carboxylic acids is 2. The number of benzene rings is 1. The molecule has 0 N–H and O–H groups in total. The predicted molar refractivity (Wildman–Crippen MR) is 108 cm³/mol. The second-order valence-electron chi connectivity index (χ2n) is 8.39. The first kappa shape index (κ1) is 19.2. The molecule has 0 spiro atoms. The number of carbonyl (C=O) groups is 2. The molecule has 0 bridgehead atoms. The molecule has 6 nitrogen and oxygen atoms in total. The molecular formula is C22H31N3O3. The molecule has 1 aromatic carbocycles. The Morgan fingerprint density at radius 1 is 1.11 bits per heavy atom. The fraction of sp³-hybridized carbons (Fsp3) is 0.636. The molecular weight excluding hydrogens is 354 g/mol. The standard InChI is InChI=1S/C22H31N3O3/c1-16-14-18(28-2)6-7-19(16)21(26)24-10-3-9-23(12-13-24)20-8-11-25(22(20)27)15-17-4-5-17/h6-7,14,17,20H,3-5,8-13,15H2,1-2H3/t20-/m1/s1. The van der Waals surface area contributed by atoms with Crippen LogP contribution in [-0.2, 0) is 4.79 Å². The summed E-state index contributed by atoms with van der Waals surface area (Å²) in [6.07, 6.45) is 4.39. The second-order valence-corrected chi connectivity index (χ2v) is 8.39. The normalized spacial score (nSPS) is 23.8. The number of nitrogens with zero attached hydrogens (tertiary/aromatic N) is 3. The van der Waals surface area contributed by atoms with Crippen LogP contribution in [0, 0.1) is 12.8 Å². The van der Waals surface area contributed by atoms with Crippen LogP contribution in [0.15, 0.2) is 18.2 Å². The highest BCUT2D eigenvalue weighted by Crippen LogP contribution is 2.32. The summed E-state index contributed by atoms with van der Waals surface area (Å²) in [5, 5.41) is 0. The van der Waals surface area contributed by atoms with Gasteiger partial charge in [-0.3, -0.25) is 14.5 Å². The van der Waals surface area contributed by atoms with Crippen molar-refractivity contribution in [2.75, 3.05) is 46.4 Å². The zero-order valence-corrected chi connectivity index (χ0v) is 17.0. The van der Waals surface area contributed by atoms with E-state index in [-0.39, 0.29) is 11.9 Å². The highest BCUT2D eigenvalue weighted by atomic mass is 16.5. The molecule has 2 aliphatic heterocycles. The smallest absolute Gasteiger partial charge is 0.254 e. The first-order valence-electron chi connectivity index (χ1n) is 10.5. The molecule has 6 heteroatoms. The maximum absolute atomic E-state index is 13.0. The van der Waals surface area contributed by atoms with Gasteiger partial charge < -0.3 is 14.5 Å². The largest absolute Gasteiger partial charge is 0.497 e. The Morgan fingerprint density at radius 2 is 1.93 bits per heavy atom. The predicted octanol–water partition coefficient (Wildman–Crippen LogP) is 2.16. The molecule has 28 heavy (non-hydrogen) atoms. The number of hydrogen-bond acceptors (Lipinski definition) is 4. The Kier molecular flexibility index (Phi) is 5.58. The summed E-state index contributed by atoms with van der Waals surface area (Å²) in [4.78, 5) is 32.2. The maximum Gasteiger partial charge on any atom is 0.254 e. The van der Waals surface area contributed by atoms with E-state index in [2.05, 4.69) is 9.80 Å². The van der Waals surface area contributed by atoms with Crippen molar-refractivity contribution in [3.05, 3.63) is 29.3 Å². The molecule has 2 amide bonds. The van der Waals surface area contributed by atoms with E-state index in [0.717, 1.165) is 68.4 Å². The van der Waals surface area contributed by atoms with E-state index in [1.54, 1.807) is 7.11 Å². The van der Waals surface area contributed by atoms with Crippen molar-refractivity contribution >= 4 is 11.8 Å². The van der Waals surface area contributed by atoms with Crippen molar-refractivity contribution in [3.63, 3.8) is 0 Å². The SMILES string of the molecule is COc1ccc(C(=O)N2CCCN([C@@H]3CCN(CC4CC4)C3=O)CC2)c(C)c1. The van der Waals surface area contributed by atoms with E-state index in [0.29, 0.717) is 12.5 Å². The van der Waals surface area contributed by atoms with Gasteiger partial charge in [0.1, 0.15) is 5.75 Å². The Bertz CT molecular complexity index is 747. The van der Waals surface area contributed by atoms with Crippen molar-refractivity contribution in [2.24, 2.45) is 5.92 Å². The number of methoxy groups -OCH3 is 1. The minimum atomic E-state index is 0.0107. The summed E-state index contributed by atoms with van der Waals surface area (Å²) < 4.78 is 5.25. The summed E-state index contributed by atoms with van der Waals surface area (Å²) in [5.74, 6) is 1.90. The van der Waals surface area contributed by atoms with Crippen molar-refractivity contribution in [1.82, 2.24) is 14.7 Å². The van der Waals surface area contributed by atoms with Gasteiger partial charge in [0.05, 0.1) is 13.2 Å². The molecule has 3 fully saturated rings. The van der Waals surface area contributed by atoms with Crippen LogP contribution < -0.4 is 4.74 Å². The van der Waals surface area contributed by atoms with Gasteiger partial charge in [0.2, 0.25) is 5.91 Å². The monoisotopic (exact) mass is 385 g/mol. The van der Waals surface area contributed by atoms with E-state index in [9.17, 15) is 9.59 Å². The quantitative estimate of drug-likeness (QED) is 0.780. The fourth-order valence-corrected chi connectivity index (χ4v) is 4.48. The van der Waals surface area contributed by atoms with Crippen molar-refractivity contribution < 1.29 is 14.3 Å². The van der Waals surface area contributed by atoms with E-state index in [4.69, 9.17) is 4.74 Å². The minimum absolute atomic E-state index is 0.0107. The van der Waals surface area contributed by atoms with Gasteiger partial charge >= 0.3 is 0 Å². The summed E-state index contributed by atoms with van der Waals surface area (Å²) in [7, 11) is 1.63. The van der Waals surface area contributed by atoms with E-state index in [1.807, 2.05) is 30.0 Å². The van der Waals surface area contributed by atoms with Crippen LogP contribution >= 0.6 is 0 Å². The number of hydrogen-bond donors (Lipinski definition) is 0. The Morgan fingerprint density at radius 3 is 2.64 bits per heavy atom. The minimum Gasteiger partial charge on any atom is -0.497 e. The van der Waals surface area contributed by atoms with Crippen LogP contribution in [0.5, 0.6) is 5.75 Å². The number of likely N-dealkylation sites (tertiary alicyclic amines) is 1. The van der Waals surface area contributed by atoms with Crippen molar-refractivity contribution in [3.8, 4) is 5.75 Å². The lowest BCUT2D eigenvalue weighted by Gasteiger charge is -2.27. The molecule has 0 radical (unpaired) electrons. The van der Waals surface area contributed by atoms with Crippen LogP contribution in [0.4, 0.5) is 0 Å². The number of ether oxygens (including phenoxy) is 1. The summed E-state index contributed by atoms with van der Waals surface area (Å²) in [5.41, 5.74) is 1.67. The van der Waals surface area contributed by atoms with E-state index < -0.39 is 0 Å². The van der Waals surface area contributed by atoms with Gasteiger partial charge in [0, 0.05) is 44.8 Å². The van der Waals surface area contributed by atoms with Crippen LogP contribution in [0.3, 0.4) is 0 Å². The molecule has 1 saturated carbocycles. The summed E-state index contributed by atoms with van der Waals surface area (Å²) >= 11 is 0. The average Bonchev–Trinajstić information content (AvgIpc) is 3.48. The second kappa shape index (κ2) is 8.11. The summed E-state index contributed by atoms with van der Waals surface area (Å²) in [6.45, 7) is 6.87. The molecule has 1 aliphatic carbocycles. The van der Waals surface area contributed by atoms with Crippen LogP contribution in [-0.4, -0.2) is 78.9 Å². The maximum atomic E-state index is 13.0. The lowest BCUT2D eigenvalue weighted by Crippen LogP contribution is -2.44. The van der Waals surface area contributed by atoms with Gasteiger partial charge in [-0.05, 0) is 62.3 Å². The third kappa shape index (κ3) is 4.02. The van der Waals surface area contributed by atoms with Gasteiger partial charge in [0.25, 0.3) is 5.91 Å². The molecule has 1 atom stereocenters. The zero-order valence-electron chi connectivity index (χ0n) is 17.0. The van der Waals surface area contributed by atoms with Crippen LogP contribution in [0.2, 0.25) is 0 Å². The van der Waals surface area contributed by atoms with Gasteiger partial charge in [-0.15, -0.1) is 0 Å². The molecule has 1 aromatic rings. The van der Waals surface area contributed by atoms with Crippen LogP contribution in [0.1, 0.15) is 41.6 Å². The first-order valence-corrected chi connectivity index (χ1v) is 10.5. The zero-order chi connectivity index (χ0) is 19.7. The average molecular weight is 386 g/mol. The number of amides is 2. The van der Waals surface area contributed by atoms with Gasteiger partial charge in [-0.25, -0.2) is 0 Å². The lowest BCUT2D eigenvalue weighted by atomic mass is 10.1. The highest BCUT2D eigenvalue weighted by Gasteiger charge is 2.38. The molecule has 0 unspecified atom stereocenters. The Labute approximate surface area is 167 Å². The molecule has 3 aliphatic rings. The lowest BCUT2D eigenvalue weighted by molar-refractivity contribution is -0.132. The third-order valence-electron chi connectivity index (χ3n) is 6.37. The van der Waals surface area contributed by atoms with Gasteiger partial charge in [0.15, 0.2) is 0 Å². The number of aryl methyl sites for hydroxylation is 1. The van der Waals surface area contributed by atoms with Crippen molar-refractivity contribution in [1.29, 1.82) is 0 Å². The van der Waals surface area contributed by atoms with Crippen molar-refractivity contribution in [2.45, 2.75) is 38.6 Å². The Balaban J connectivity index is 1.37. The molecule has 152 valence electrons. The van der Waals surface area contributed by atoms with Gasteiger partial charge in [-0.1, -0.05) is 0 Å². The fourth-order valence-electron chi connectivity index (χ4n) is 4.48. The van der Waals surface area contributed by atoms with Gasteiger partial charge in [-0.2, -0.15) is 0 Å². The van der Waals surface area contributed by atoms with E-state index in [1.165, 1.54) is 12.8 Å². The highest BCUT2D eigenvalue weighted by molar-refractivity contribution is 5.95. The molecule has 2 saturated heterocycles. The molecule has 4 rings (SSSR count). The third-order valence-corrected chi connectivity index (χ3v) is 6.37. The topological polar surface area (TPSA) is 53.1 Å². The number of rotatable bonds is 5.